The summed E-state index contributed by atoms with van der Waals surface area (Å²) in [4.78, 5) is 13.5. The number of aryl methyl sites for hydroxylation is 2. The summed E-state index contributed by atoms with van der Waals surface area (Å²) in [5, 5.41) is 11.8. The highest BCUT2D eigenvalue weighted by atomic mass is 16.5. The summed E-state index contributed by atoms with van der Waals surface area (Å²) < 4.78 is 50.3. The van der Waals surface area contributed by atoms with Crippen molar-refractivity contribution in [2.24, 2.45) is 0 Å². The highest BCUT2D eigenvalue weighted by Gasteiger charge is 2.42. The van der Waals surface area contributed by atoms with Gasteiger partial charge >= 0.3 is 0 Å². The number of fused-ring (bicyclic) bond motifs is 2. The minimum Gasteiger partial charge on any atom is -0.488 e. The zero-order valence-electron chi connectivity index (χ0n) is 48.0. The van der Waals surface area contributed by atoms with Crippen LogP contribution in [0, 0.1) is 13.8 Å². The van der Waals surface area contributed by atoms with Crippen LogP contribution in [0.3, 0.4) is 0 Å². The second-order valence-electron chi connectivity index (χ2n) is 21.7. The summed E-state index contributed by atoms with van der Waals surface area (Å²) in [6.07, 6.45) is -0.782. The normalized spacial score (nSPS) is 15.7. The van der Waals surface area contributed by atoms with Crippen molar-refractivity contribution >= 4 is 5.78 Å². The number of hydrogen-bond acceptors (Lipinski definition) is 10. The van der Waals surface area contributed by atoms with E-state index in [1.807, 2.05) is 263 Å². The zero-order valence-corrected chi connectivity index (χ0v) is 48.0. The van der Waals surface area contributed by atoms with Gasteiger partial charge in [-0.1, -0.05) is 194 Å². The molecule has 0 aliphatic carbocycles. The minimum absolute atomic E-state index is 0.0390. The summed E-state index contributed by atoms with van der Waals surface area (Å²) in [6, 6.07) is 79.4. The lowest BCUT2D eigenvalue weighted by Crippen LogP contribution is -2.42. The van der Waals surface area contributed by atoms with Crippen molar-refractivity contribution in [2.45, 2.75) is 91.1 Å². The van der Waals surface area contributed by atoms with Crippen LogP contribution in [0.4, 0.5) is 0 Å². The number of ketones is 1. The molecule has 10 nitrogen and oxygen atoms in total. The molecular weight excluding hydrogens is 1060 g/mol. The van der Waals surface area contributed by atoms with E-state index in [1.54, 1.807) is 0 Å². The standard InChI is InChI=1S/C38H36O5.C37H32O5/c1-27-20-34(41-25-29-14-8-4-9-15-29)32-23-38(2,39)37(43-35(32)21-27)31-18-19-33(40-24-28-12-6-3-7-13-28)36(22-31)42-26-30-16-10-5-11-17-30;1-26-19-34(40-24-28-13-7-3-8-14-28)31-22-32(38)37(42-35(31)20-26)30-17-18-33(39-23-27-11-5-2-6-12-27)36(21-30)41-25-29-15-9-4-10-16-29/h3-22,37,39H,23-26H2,1-2H3;2-21,37H,22-25H2,1H3/t37-,38-;37-/m11/s1. The summed E-state index contributed by atoms with van der Waals surface area (Å²) in [5.74, 6) is 5.15. The lowest BCUT2D eigenvalue weighted by Gasteiger charge is -2.39. The molecule has 0 saturated heterocycles. The van der Waals surface area contributed by atoms with Gasteiger partial charge < -0.3 is 43.0 Å². The molecule has 10 heteroatoms. The minimum atomic E-state index is -1.20. The molecule has 3 atom stereocenters. The highest BCUT2D eigenvalue weighted by molar-refractivity contribution is 5.90. The number of rotatable bonds is 20. The van der Waals surface area contributed by atoms with E-state index in [1.165, 1.54) is 0 Å². The molecule has 0 spiro atoms. The third-order valence-corrected chi connectivity index (χ3v) is 14.8. The van der Waals surface area contributed by atoms with Gasteiger partial charge in [0.25, 0.3) is 0 Å². The van der Waals surface area contributed by atoms with Crippen molar-refractivity contribution in [3.8, 4) is 46.0 Å². The average Bonchev–Trinajstić information content (AvgIpc) is 3.60. The third kappa shape index (κ3) is 14.9. The summed E-state index contributed by atoms with van der Waals surface area (Å²) in [6.45, 7) is 8.26. The summed E-state index contributed by atoms with van der Waals surface area (Å²) in [5.41, 5.74) is 10.3. The molecular formula is C75H68O10. The van der Waals surface area contributed by atoms with Crippen molar-refractivity contribution < 1.29 is 47.8 Å². The van der Waals surface area contributed by atoms with Crippen LogP contribution >= 0.6 is 0 Å². The second-order valence-corrected chi connectivity index (χ2v) is 21.7. The Hall–Kier alpha value is -9.77. The summed E-state index contributed by atoms with van der Waals surface area (Å²) in [7, 11) is 0. The first-order chi connectivity index (χ1) is 41.6. The molecule has 1 N–H and O–H groups in total. The Balaban J connectivity index is 0.000000177. The average molecular weight is 1130 g/mol. The van der Waals surface area contributed by atoms with Crippen molar-refractivity contribution in [2.75, 3.05) is 0 Å². The number of aliphatic hydroxyl groups is 1. The van der Waals surface area contributed by atoms with Crippen LogP contribution in [-0.2, 0) is 57.3 Å². The number of benzene rings is 10. The van der Waals surface area contributed by atoms with Crippen LogP contribution in [0.1, 0.15) is 85.9 Å². The fourth-order valence-electron chi connectivity index (χ4n) is 10.4. The van der Waals surface area contributed by atoms with Gasteiger partial charge in [-0.2, -0.15) is 0 Å². The van der Waals surface area contributed by atoms with E-state index in [4.69, 9.17) is 37.9 Å². The van der Waals surface area contributed by atoms with Crippen molar-refractivity contribution in [1.29, 1.82) is 0 Å². The Labute approximate surface area is 497 Å². The third-order valence-electron chi connectivity index (χ3n) is 14.8. The Morgan fingerprint density at radius 2 is 0.718 bits per heavy atom. The Bertz CT molecular complexity index is 3800. The molecule has 0 aromatic heterocycles. The van der Waals surface area contributed by atoms with Crippen LogP contribution in [0.25, 0.3) is 0 Å². The monoisotopic (exact) mass is 1130 g/mol. The number of carbonyl (C=O) groups is 1. The smallest absolute Gasteiger partial charge is 0.182 e. The molecule has 85 heavy (non-hydrogen) atoms. The molecule has 0 saturated carbocycles. The van der Waals surface area contributed by atoms with E-state index in [9.17, 15) is 9.90 Å². The zero-order chi connectivity index (χ0) is 58.4. The summed E-state index contributed by atoms with van der Waals surface area (Å²) >= 11 is 0. The Morgan fingerprint density at radius 1 is 0.388 bits per heavy atom. The van der Waals surface area contributed by atoms with E-state index < -0.39 is 17.8 Å². The number of ether oxygens (including phenoxy) is 8. The maximum absolute atomic E-state index is 13.5. The van der Waals surface area contributed by atoms with E-state index in [0.717, 1.165) is 72.7 Å². The fourth-order valence-corrected chi connectivity index (χ4v) is 10.4. The van der Waals surface area contributed by atoms with Gasteiger partial charge in [0, 0.05) is 29.5 Å². The molecule has 428 valence electrons. The Kier molecular flexibility index (Phi) is 18.2. The molecule has 2 aliphatic heterocycles. The van der Waals surface area contributed by atoms with E-state index >= 15 is 0 Å². The maximum atomic E-state index is 13.5. The number of hydrogen-bond donors (Lipinski definition) is 1. The van der Waals surface area contributed by atoms with Crippen molar-refractivity contribution in [3.05, 3.63) is 309 Å². The van der Waals surface area contributed by atoms with Gasteiger partial charge in [-0.15, -0.1) is 0 Å². The molecule has 0 bridgehead atoms. The van der Waals surface area contributed by atoms with Gasteiger partial charge in [0.1, 0.15) is 68.2 Å². The quantitative estimate of drug-likeness (QED) is 0.0792. The molecule has 2 heterocycles. The molecule has 0 fully saturated rings. The van der Waals surface area contributed by atoms with Gasteiger partial charge in [0.2, 0.25) is 0 Å². The first kappa shape index (κ1) is 57.1. The second kappa shape index (κ2) is 27.1. The van der Waals surface area contributed by atoms with Crippen LogP contribution in [0.15, 0.2) is 243 Å². The van der Waals surface area contributed by atoms with Gasteiger partial charge in [-0.05, 0) is 119 Å². The highest BCUT2D eigenvalue weighted by Crippen LogP contribution is 2.47. The predicted molar refractivity (Wildman–Crippen MR) is 330 cm³/mol. The molecule has 2 aliphatic rings. The predicted octanol–water partition coefficient (Wildman–Crippen LogP) is 16.1. The van der Waals surface area contributed by atoms with Gasteiger partial charge in [-0.3, -0.25) is 4.79 Å². The SMILES string of the molecule is Cc1cc(OCc2ccccc2)c2c(c1)O[C@H](c1ccc(OCc3ccccc3)c(OCc3ccccc3)c1)C(=O)C2.Cc1cc(OCc2ccccc2)c2c(c1)O[C@H](c1ccc(OCc3ccccc3)c(OCc3ccccc3)c1)[C@](C)(O)C2. The van der Waals surface area contributed by atoms with Gasteiger partial charge in [0.05, 0.1) is 0 Å². The number of carbonyl (C=O) groups excluding carboxylic acids is 1. The van der Waals surface area contributed by atoms with Crippen molar-refractivity contribution in [1.82, 2.24) is 0 Å². The van der Waals surface area contributed by atoms with Crippen LogP contribution in [-0.4, -0.2) is 16.5 Å². The van der Waals surface area contributed by atoms with E-state index in [0.29, 0.717) is 86.1 Å². The van der Waals surface area contributed by atoms with E-state index in [-0.39, 0.29) is 12.2 Å². The Morgan fingerprint density at radius 3 is 1.12 bits per heavy atom. The van der Waals surface area contributed by atoms with E-state index in [2.05, 4.69) is 0 Å². The molecule has 0 amide bonds. The molecule has 0 radical (unpaired) electrons. The van der Waals surface area contributed by atoms with Gasteiger partial charge in [-0.25, -0.2) is 0 Å². The number of Topliss-reactive ketones (excluding diaryl/α,β-unsaturated/α-hetero) is 1. The van der Waals surface area contributed by atoms with Crippen molar-refractivity contribution in [3.63, 3.8) is 0 Å². The fraction of sp³-hybridized carbons (Fsp3) is 0.187. The van der Waals surface area contributed by atoms with Gasteiger partial charge in [0.15, 0.2) is 41.0 Å². The molecule has 10 aromatic carbocycles. The lowest BCUT2D eigenvalue weighted by atomic mass is 9.83. The lowest BCUT2D eigenvalue weighted by molar-refractivity contribution is -0.126. The molecule has 0 unspecified atom stereocenters. The first-order valence-corrected chi connectivity index (χ1v) is 28.7. The van der Waals surface area contributed by atoms with Crippen LogP contribution in [0.5, 0.6) is 46.0 Å². The van der Waals surface area contributed by atoms with Crippen LogP contribution in [0.2, 0.25) is 0 Å². The molecule has 10 aromatic rings. The molecule has 12 rings (SSSR count). The first-order valence-electron chi connectivity index (χ1n) is 28.7. The largest absolute Gasteiger partial charge is 0.488 e. The maximum Gasteiger partial charge on any atom is 0.182 e. The van der Waals surface area contributed by atoms with Crippen LogP contribution < -0.4 is 37.9 Å². The topological polar surface area (TPSA) is 111 Å².